The van der Waals surface area contributed by atoms with E-state index in [-0.39, 0.29) is 28.9 Å². The van der Waals surface area contributed by atoms with Crippen molar-refractivity contribution >= 4 is 29.3 Å². The Morgan fingerprint density at radius 1 is 1.07 bits per heavy atom. The first-order valence-electron chi connectivity index (χ1n) is 9.21. The molecule has 1 aliphatic heterocycles. The number of halogens is 3. The summed E-state index contributed by atoms with van der Waals surface area (Å²) in [5, 5.41) is 2.65. The second kappa shape index (κ2) is 9.71. The minimum Gasteiger partial charge on any atom is -0.406 e. The van der Waals surface area contributed by atoms with Crippen LogP contribution in [0.2, 0.25) is 0 Å². The largest absolute Gasteiger partial charge is 0.573 e. The summed E-state index contributed by atoms with van der Waals surface area (Å²) in [5.41, 5.74) is 0.387. The van der Waals surface area contributed by atoms with Gasteiger partial charge in [-0.1, -0.05) is 20.8 Å². The van der Waals surface area contributed by atoms with Crippen LogP contribution in [0.5, 0.6) is 5.75 Å². The highest BCUT2D eigenvalue weighted by Gasteiger charge is 2.31. The highest BCUT2D eigenvalue weighted by molar-refractivity contribution is 8.01. The predicted molar refractivity (Wildman–Crippen MR) is 107 cm³/mol. The average molecular weight is 433 g/mol. The quantitative estimate of drug-likeness (QED) is 0.747. The van der Waals surface area contributed by atoms with Crippen molar-refractivity contribution in [2.45, 2.75) is 31.9 Å². The number of rotatable bonds is 6. The van der Waals surface area contributed by atoms with Crippen LogP contribution in [0.25, 0.3) is 0 Å². The lowest BCUT2D eigenvalue weighted by Crippen LogP contribution is -2.51. The first kappa shape index (κ1) is 23.3. The first-order valence-corrected chi connectivity index (χ1v) is 10.2. The van der Waals surface area contributed by atoms with Gasteiger partial charge in [0.1, 0.15) is 5.75 Å². The molecule has 0 saturated carbocycles. The second-order valence-electron chi connectivity index (χ2n) is 7.68. The van der Waals surface area contributed by atoms with Crippen LogP contribution in [0.4, 0.5) is 18.9 Å². The molecule has 1 aliphatic rings. The number of nitrogens with one attached hydrogen (secondary N) is 1. The van der Waals surface area contributed by atoms with Gasteiger partial charge in [0.2, 0.25) is 11.8 Å². The maximum Gasteiger partial charge on any atom is 0.573 e. The molecule has 0 aromatic heterocycles. The lowest BCUT2D eigenvalue weighted by Gasteiger charge is -2.34. The van der Waals surface area contributed by atoms with Crippen LogP contribution >= 0.6 is 11.8 Å². The maximum absolute atomic E-state index is 12.3. The summed E-state index contributed by atoms with van der Waals surface area (Å²) in [6.45, 7) is 8.69. The Morgan fingerprint density at radius 2 is 1.66 bits per heavy atom. The van der Waals surface area contributed by atoms with Gasteiger partial charge in [-0.25, -0.2) is 0 Å². The third-order valence-electron chi connectivity index (χ3n) is 4.09. The molecule has 1 aromatic carbocycles. The van der Waals surface area contributed by atoms with Crippen molar-refractivity contribution in [1.29, 1.82) is 0 Å². The van der Waals surface area contributed by atoms with Crippen LogP contribution in [0.15, 0.2) is 24.3 Å². The van der Waals surface area contributed by atoms with Gasteiger partial charge in [0.15, 0.2) is 0 Å². The molecule has 0 spiro atoms. The fourth-order valence-electron chi connectivity index (χ4n) is 2.67. The van der Waals surface area contributed by atoms with Gasteiger partial charge in [-0.3, -0.25) is 14.5 Å². The van der Waals surface area contributed by atoms with Crippen molar-refractivity contribution in [3.05, 3.63) is 24.3 Å². The molecule has 1 fully saturated rings. The molecule has 0 bridgehead atoms. The molecule has 0 radical (unpaired) electrons. The first-order chi connectivity index (χ1) is 13.4. The van der Waals surface area contributed by atoms with Gasteiger partial charge >= 0.3 is 6.36 Å². The normalized spacial score (nSPS) is 15.9. The van der Waals surface area contributed by atoms with Crippen LogP contribution in [0, 0.1) is 0 Å². The van der Waals surface area contributed by atoms with Gasteiger partial charge < -0.3 is 15.0 Å². The third-order valence-corrected chi connectivity index (χ3v) is 5.35. The number of carbonyl (C=O) groups is 2. The van der Waals surface area contributed by atoms with Crippen molar-refractivity contribution in [2.24, 2.45) is 0 Å². The summed E-state index contributed by atoms with van der Waals surface area (Å²) >= 11 is 1.61. The zero-order valence-corrected chi connectivity index (χ0v) is 17.5. The molecule has 1 aromatic rings. The van der Waals surface area contributed by atoms with E-state index in [2.05, 4.69) is 30.8 Å². The molecular weight excluding hydrogens is 407 g/mol. The Balaban J connectivity index is 1.73. The standard InChI is InChI=1S/C19H26F3N3O3S/c1-18(2,3)29-13-17(27)25-10-8-24(9-11-25)12-16(26)23-14-4-6-15(7-5-14)28-19(20,21)22/h4-7H,8-13H2,1-3H3,(H,23,26). The van der Waals surface area contributed by atoms with Crippen LogP contribution in [-0.4, -0.2) is 71.2 Å². The Kier molecular flexibility index (Phi) is 7.81. The minimum atomic E-state index is -4.75. The maximum atomic E-state index is 12.3. The van der Waals surface area contributed by atoms with E-state index >= 15 is 0 Å². The summed E-state index contributed by atoms with van der Waals surface area (Å²) in [4.78, 5) is 28.2. The van der Waals surface area contributed by atoms with Crippen molar-refractivity contribution in [3.8, 4) is 5.75 Å². The van der Waals surface area contributed by atoms with Gasteiger partial charge in [-0.2, -0.15) is 0 Å². The number of ether oxygens (including phenoxy) is 1. The van der Waals surface area contributed by atoms with Gasteiger partial charge in [-0.15, -0.1) is 24.9 Å². The molecule has 162 valence electrons. The van der Waals surface area contributed by atoms with E-state index in [1.54, 1.807) is 11.8 Å². The van der Waals surface area contributed by atoms with Crippen molar-refractivity contribution in [1.82, 2.24) is 9.80 Å². The number of piperazine rings is 1. The number of benzene rings is 1. The smallest absolute Gasteiger partial charge is 0.406 e. The molecule has 6 nitrogen and oxygen atoms in total. The number of anilines is 1. The van der Waals surface area contributed by atoms with E-state index in [1.165, 1.54) is 12.1 Å². The molecule has 1 N–H and O–H groups in total. The number of nitrogens with zero attached hydrogens (tertiary/aromatic N) is 2. The zero-order chi connectivity index (χ0) is 21.7. The van der Waals surface area contributed by atoms with Crippen LogP contribution < -0.4 is 10.1 Å². The van der Waals surface area contributed by atoms with E-state index in [0.717, 1.165) is 12.1 Å². The number of hydrogen-bond acceptors (Lipinski definition) is 5. The number of amides is 2. The monoisotopic (exact) mass is 433 g/mol. The number of hydrogen-bond donors (Lipinski definition) is 1. The van der Waals surface area contributed by atoms with Crippen molar-refractivity contribution < 1.29 is 27.5 Å². The molecule has 10 heteroatoms. The lowest BCUT2D eigenvalue weighted by molar-refractivity contribution is -0.274. The fraction of sp³-hybridized carbons (Fsp3) is 0.579. The van der Waals surface area contributed by atoms with Gasteiger partial charge in [0, 0.05) is 36.6 Å². The highest BCUT2D eigenvalue weighted by Crippen LogP contribution is 2.24. The molecule has 0 atom stereocenters. The van der Waals surface area contributed by atoms with E-state index in [4.69, 9.17) is 0 Å². The summed E-state index contributed by atoms with van der Waals surface area (Å²) < 4.78 is 40.3. The molecule has 2 amide bonds. The van der Waals surface area contributed by atoms with E-state index in [1.807, 2.05) is 9.80 Å². The van der Waals surface area contributed by atoms with Gasteiger partial charge in [-0.05, 0) is 24.3 Å². The number of carbonyl (C=O) groups excluding carboxylic acids is 2. The van der Waals surface area contributed by atoms with Crippen molar-refractivity contribution in [2.75, 3.05) is 43.8 Å². The summed E-state index contributed by atoms with van der Waals surface area (Å²) in [6.07, 6.45) is -4.75. The minimum absolute atomic E-state index is 0.0344. The third kappa shape index (κ3) is 8.95. The highest BCUT2D eigenvalue weighted by atomic mass is 32.2. The van der Waals surface area contributed by atoms with E-state index in [0.29, 0.717) is 37.6 Å². The Labute approximate surface area is 172 Å². The average Bonchev–Trinajstić information content (AvgIpc) is 2.60. The Bertz CT molecular complexity index is 697. The summed E-state index contributed by atoms with van der Waals surface area (Å²) in [7, 11) is 0. The Morgan fingerprint density at radius 3 is 2.17 bits per heavy atom. The molecule has 2 rings (SSSR count). The Hall–Kier alpha value is -1.94. The fourth-order valence-corrected chi connectivity index (χ4v) is 3.41. The molecule has 1 heterocycles. The van der Waals surface area contributed by atoms with Gasteiger partial charge in [0.05, 0.1) is 12.3 Å². The summed E-state index contributed by atoms with van der Waals surface area (Å²) in [6, 6.07) is 4.98. The molecule has 29 heavy (non-hydrogen) atoms. The molecular formula is C19H26F3N3O3S. The van der Waals surface area contributed by atoms with Crippen LogP contribution in [-0.2, 0) is 9.59 Å². The van der Waals surface area contributed by atoms with Crippen LogP contribution in [0.3, 0.4) is 0 Å². The molecule has 0 unspecified atom stereocenters. The van der Waals surface area contributed by atoms with Crippen molar-refractivity contribution in [3.63, 3.8) is 0 Å². The SMILES string of the molecule is CC(C)(C)SCC(=O)N1CCN(CC(=O)Nc2ccc(OC(F)(F)F)cc2)CC1. The molecule has 0 aliphatic carbocycles. The summed E-state index contributed by atoms with van der Waals surface area (Å²) in [5.74, 6) is -0.0634. The number of alkyl halides is 3. The van der Waals surface area contributed by atoms with Crippen LogP contribution in [0.1, 0.15) is 20.8 Å². The molecule has 1 saturated heterocycles. The predicted octanol–water partition coefficient (Wildman–Crippen LogP) is 3.20. The second-order valence-corrected chi connectivity index (χ2v) is 9.48. The number of thioether (sulfide) groups is 1. The lowest BCUT2D eigenvalue weighted by atomic mass is 10.3. The van der Waals surface area contributed by atoms with Gasteiger partial charge in [0.25, 0.3) is 0 Å². The zero-order valence-electron chi connectivity index (χ0n) is 16.7. The topological polar surface area (TPSA) is 61.9 Å². The van der Waals surface area contributed by atoms with E-state index in [9.17, 15) is 22.8 Å². The van der Waals surface area contributed by atoms with E-state index < -0.39 is 6.36 Å².